The molecule has 0 rings (SSSR count). The van der Waals surface area contributed by atoms with E-state index in [0.717, 1.165) is 6.42 Å². The fraction of sp³-hybridized carbons (Fsp3) is 1.00. The molecule has 0 saturated heterocycles. The Hall–Kier alpha value is 0.544. The Balaban J connectivity index is 0. The van der Waals surface area contributed by atoms with E-state index >= 15 is 0 Å². The van der Waals surface area contributed by atoms with Gasteiger partial charge in [0.2, 0.25) is 0 Å². The first-order valence-electron chi connectivity index (χ1n) is 4.06. The molecule has 0 aromatic carbocycles. The predicted octanol–water partition coefficient (Wildman–Crippen LogP) is 3.40. The Kier molecular flexibility index (Phi) is 16.1. The van der Waals surface area contributed by atoms with Gasteiger partial charge in [-0.2, -0.15) is 6.54 Å². The van der Waals surface area contributed by atoms with E-state index in [1.807, 2.05) is 0 Å². The largest absolute Gasteiger partial charge is 0.677 e. The molecular formula is C8H18NV-. The molecule has 2 heteroatoms. The van der Waals surface area contributed by atoms with Gasteiger partial charge in [-0.3, -0.25) is 0 Å². The van der Waals surface area contributed by atoms with Gasteiger partial charge in [0.15, 0.2) is 0 Å². The first kappa shape index (κ1) is 13.2. The van der Waals surface area contributed by atoms with Gasteiger partial charge in [-0.25, -0.2) is 0 Å². The van der Waals surface area contributed by atoms with E-state index in [1.165, 1.54) is 32.1 Å². The van der Waals surface area contributed by atoms with E-state index in [2.05, 4.69) is 6.92 Å². The minimum absolute atomic E-state index is 0. The van der Waals surface area contributed by atoms with Crippen molar-refractivity contribution < 1.29 is 18.6 Å². The molecule has 1 nitrogen and oxygen atoms in total. The van der Waals surface area contributed by atoms with Crippen molar-refractivity contribution in [2.24, 2.45) is 0 Å². The molecule has 10 heavy (non-hydrogen) atoms. The van der Waals surface area contributed by atoms with E-state index in [0.29, 0.717) is 6.54 Å². The van der Waals surface area contributed by atoms with E-state index in [4.69, 9.17) is 5.73 Å². The maximum atomic E-state index is 6.88. The SMILES string of the molecule is CCCCCCCC[NH-].[V]. The molecule has 1 radical (unpaired) electrons. The maximum Gasteiger partial charge on any atom is 0 e. The summed E-state index contributed by atoms with van der Waals surface area (Å²) in [5.41, 5.74) is 6.88. The molecule has 0 aliphatic heterocycles. The summed E-state index contributed by atoms with van der Waals surface area (Å²) >= 11 is 0. The number of hydrogen-bond donors (Lipinski definition) is 0. The van der Waals surface area contributed by atoms with E-state index in [9.17, 15) is 0 Å². The van der Waals surface area contributed by atoms with Crippen LogP contribution in [0.3, 0.4) is 0 Å². The summed E-state index contributed by atoms with van der Waals surface area (Å²) in [6.07, 6.45) is 7.77. The Bertz CT molecular complexity index is 42.5. The van der Waals surface area contributed by atoms with Crippen molar-refractivity contribution >= 4 is 0 Å². The predicted molar refractivity (Wildman–Crippen MR) is 42.6 cm³/mol. The second-order valence-corrected chi connectivity index (χ2v) is 2.52. The van der Waals surface area contributed by atoms with Gasteiger partial charge < -0.3 is 5.73 Å². The van der Waals surface area contributed by atoms with Crippen molar-refractivity contribution in [2.45, 2.75) is 45.4 Å². The van der Waals surface area contributed by atoms with Crippen LogP contribution >= 0.6 is 0 Å². The minimum atomic E-state index is 0. The molecule has 0 aromatic rings. The second-order valence-electron chi connectivity index (χ2n) is 2.52. The molecule has 0 fully saturated rings. The molecular weight excluding hydrogens is 161 g/mol. The minimum Gasteiger partial charge on any atom is -0.677 e. The zero-order chi connectivity index (χ0) is 6.95. The molecule has 0 spiro atoms. The Morgan fingerprint density at radius 1 is 0.900 bits per heavy atom. The molecule has 0 unspecified atom stereocenters. The standard InChI is InChI=1S/C8H18N.V/c1-2-3-4-5-6-7-8-9;/h9H,2-8H2,1H3;/q-1;. The molecule has 0 aliphatic carbocycles. The van der Waals surface area contributed by atoms with Gasteiger partial charge in [-0.05, 0) is 0 Å². The van der Waals surface area contributed by atoms with Crippen molar-refractivity contribution in [1.82, 2.24) is 0 Å². The molecule has 0 aromatic heterocycles. The monoisotopic (exact) mass is 179 g/mol. The third kappa shape index (κ3) is 11.4. The summed E-state index contributed by atoms with van der Waals surface area (Å²) in [6, 6.07) is 0. The number of hydrogen-bond acceptors (Lipinski definition) is 0. The molecule has 1 N–H and O–H groups in total. The summed E-state index contributed by atoms with van der Waals surface area (Å²) in [5.74, 6) is 0. The van der Waals surface area contributed by atoms with Crippen LogP contribution in [0.5, 0.6) is 0 Å². The Labute approximate surface area is 76.6 Å². The van der Waals surface area contributed by atoms with Crippen LogP contribution in [0, 0.1) is 0 Å². The molecule has 0 aliphatic rings. The van der Waals surface area contributed by atoms with Gasteiger partial charge in [0.25, 0.3) is 0 Å². The Morgan fingerprint density at radius 3 is 1.90 bits per heavy atom. The average molecular weight is 179 g/mol. The summed E-state index contributed by atoms with van der Waals surface area (Å²) < 4.78 is 0. The van der Waals surface area contributed by atoms with Gasteiger partial charge in [-0.1, -0.05) is 45.4 Å². The topological polar surface area (TPSA) is 23.8 Å². The molecule has 0 heterocycles. The van der Waals surface area contributed by atoms with E-state index in [1.54, 1.807) is 0 Å². The average Bonchev–Trinajstić information content (AvgIpc) is 1.89. The number of rotatable bonds is 6. The van der Waals surface area contributed by atoms with Crippen molar-refractivity contribution in [2.75, 3.05) is 6.54 Å². The van der Waals surface area contributed by atoms with E-state index < -0.39 is 0 Å². The summed E-state index contributed by atoms with van der Waals surface area (Å²) in [6.45, 7) is 2.84. The first-order valence-corrected chi connectivity index (χ1v) is 4.06. The first-order chi connectivity index (χ1) is 4.41. The maximum absolute atomic E-state index is 6.88. The molecule has 0 saturated carbocycles. The number of nitrogens with one attached hydrogen (secondary N) is 1. The molecule has 0 bridgehead atoms. The number of unbranched alkanes of at least 4 members (excludes halogenated alkanes) is 5. The van der Waals surface area contributed by atoms with Crippen LogP contribution in [-0.4, -0.2) is 6.54 Å². The summed E-state index contributed by atoms with van der Waals surface area (Å²) in [7, 11) is 0. The third-order valence-corrected chi connectivity index (χ3v) is 1.53. The third-order valence-electron chi connectivity index (χ3n) is 1.53. The van der Waals surface area contributed by atoms with Gasteiger partial charge in [0, 0.05) is 18.6 Å². The molecule has 0 atom stereocenters. The van der Waals surface area contributed by atoms with Gasteiger partial charge in [0.1, 0.15) is 0 Å². The fourth-order valence-corrected chi connectivity index (χ4v) is 0.905. The van der Waals surface area contributed by atoms with Crippen molar-refractivity contribution in [3.8, 4) is 0 Å². The van der Waals surface area contributed by atoms with Crippen molar-refractivity contribution in [3.05, 3.63) is 5.73 Å². The summed E-state index contributed by atoms with van der Waals surface area (Å²) in [4.78, 5) is 0. The van der Waals surface area contributed by atoms with Gasteiger partial charge in [-0.15, -0.1) is 0 Å². The van der Waals surface area contributed by atoms with Crippen LogP contribution in [0.15, 0.2) is 0 Å². The van der Waals surface area contributed by atoms with Crippen LogP contribution < -0.4 is 0 Å². The quantitative estimate of drug-likeness (QED) is 0.558. The van der Waals surface area contributed by atoms with E-state index in [-0.39, 0.29) is 18.6 Å². The normalized spacial score (nSPS) is 9.00. The van der Waals surface area contributed by atoms with Gasteiger partial charge >= 0.3 is 0 Å². The summed E-state index contributed by atoms with van der Waals surface area (Å²) in [5, 5.41) is 0. The molecule has 61 valence electrons. The Morgan fingerprint density at radius 2 is 1.40 bits per heavy atom. The fourth-order valence-electron chi connectivity index (χ4n) is 0.905. The van der Waals surface area contributed by atoms with Crippen LogP contribution in [0.25, 0.3) is 5.73 Å². The van der Waals surface area contributed by atoms with Crippen molar-refractivity contribution in [3.63, 3.8) is 0 Å². The van der Waals surface area contributed by atoms with Crippen LogP contribution in [0.4, 0.5) is 0 Å². The molecule has 0 amide bonds. The second kappa shape index (κ2) is 12.2. The van der Waals surface area contributed by atoms with Crippen LogP contribution in [0.1, 0.15) is 45.4 Å². The zero-order valence-electron chi connectivity index (χ0n) is 6.90. The van der Waals surface area contributed by atoms with Crippen LogP contribution in [0.2, 0.25) is 0 Å². The zero-order valence-corrected chi connectivity index (χ0v) is 8.29. The van der Waals surface area contributed by atoms with Gasteiger partial charge in [0.05, 0.1) is 0 Å². The van der Waals surface area contributed by atoms with Crippen LogP contribution in [-0.2, 0) is 18.6 Å². The van der Waals surface area contributed by atoms with Crippen molar-refractivity contribution in [1.29, 1.82) is 0 Å². The smallest absolute Gasteiger partial charge is 0 e.